The molecule has 3 aromatic rings. The summed E-state index contributed by atoms with van der Waals surface area (Å²) in [5.74, 6) is 0.923. The van der Waals surface area contributed by atoms with Crippen molar-refractivity contribution in [2.24, 2.45) is 0 Å². The molecule has 0 aliphatic carbocycles. The zero-order chi connectivity index (χ0) is 16.2. The second-order valence-electron chi connectivity index (χ2n) is 6.17. The molecule has 124 valence electrons. The number of piperidine rings is 1. The molecule has 0 spiro atoms. The maximum Gasteiger partial charge on any atom is 0.183 e. The van der Waals surface area contributed by atoms with Gasteiger partial charge in [0.05, 0.1) is 18.5 Å². The lowest BCUT2D eigenvalue weighted by Gasteiger charge is -2.37. The first-order chi connectivity index (χ1) is 11.9. The van der Waals surface area contributed by atoms with E-state index in [0.717, 1.165) is 36.8 Å². The summed E-state index contributed by atoms with van der Waals surface area (Å²) in [7, 11) is 0. The molecule has 0 atom stereocenters. The Labute approximate surface area is 145 Å². The van der Waals surface area contributed by atoms with E-state index in [0.29, 0.717) is 6.54 Å². The van der Waals surface area contributed by atoms with E-state index < -0.39 is 0 Å². The van der Waals surface area contributed by atoms with Crippen LogP contribution in [0, 0.1) is 0 Å². The number of anilines is 1. The number of rotatable bonds is 5. The topological polar surface area (TPSA) is 50.1 Å². The molecule has 4 rings (SSSR count). The molecule has 3 heterocycles. The normalized spacial score (nSPS) is 16.8. The molecule has 5 heteroatoms. The summed E-state index contributed by atoms with van der Waals surface area (Å²) in [6, 6.07) is 14.7. The second kappa shape index (κ2) is 6.79. The molecule has 1 saturated heterocycles. The van der Waals surface area contributed by atoms with E-state index in [1.54, 1.807) is 17.6 Å². The molecule has 24 heavy (non-hydrogen) atoms. The predicted octanol–water partition coefficient (Wildman–Crippen LogP) is 4.02. The van der Waals surface area contributed by atoms with Crippen LogP contribution in [0.25, 0.3) is 0 Å². The number of thiazole rings is 1. The molecule has 1 aliphatic heterocycles. The molecular formula is C19H21N3OS. The van der Waals surface area contributed by atoms with E-state index >= 15 is 0 Å². The van der Waals surface area contributed by atoms with Crippen LogP contribution in [0.1, 0.15) is 29.9 Å². The van der Waals surface area contributed by atoms with Gasteiger partial charge in [-0.25, -0.2) is 4.98 Å². The number of nitrogens with one attached hydrogen (secondary N) is 2. The van der Waals surface area contributed by atoms with Gasteiger partial charge in [0.2, 0.25) is 0 Å². The Morgan fingerprint density at radius 2 is 1.96 bits per heavy atom. The Bertz CT molecular complexity index is 761. The van der Waals surface area contributed by atoms with Crippen molar-refractivity contribution in [1.82, 2.24) is 10.3 Å². The first-order valence-corrected chi connectivity index (χ1v) is 9.23. The first-order valence-electron chi connectivity index (χ1n) is 8.35. The lowest BCUT2D eigenvalue weighted by atomic mass is 9.71. The van der Waals surface area contributed by atoms with Crippen LogP contribution in [0.2, 0.25) is 0 Å². The maximum absolute atomic E-state index is 5.37. The molecule has 0 amide bonds. The van der Waals surface area contributed by atoms with E-state index in [4.69, 9.17) is 9.40 Å². The van der Waals surface area contributed by atoms with Crippen molar-refractivity contribution in [2.75, 3.05) is 18.4 Å². The number of hydrogen-bond donors (Lipinski definition) is 2. The molecule has 1 aromatic carbocycles. The van der Waals surface area contributed by atoms with Crippen LogP contribution in [0.15, 0.2) is 58.5 Å². The van der Waals surface area contributed by atoms with Crippen molar-refractivity contribution in [3.63, 3.8) is 0 Å². The van der Waals surface area contributed by atoms with Gasteiger partial charge in [0.15, 0.2) is 5.13 Å². The van der Waals surface area contributed by atoms with Crippen molar-refractivity contribution in [1.29, 1.82) is 0 Å². The summed E-state index contributed by atoms with van der Waals surface area (Å²) < 4.78 is 5.37. The molecular weight excluding hydrogens is 318 g/mol. The van der Waals surface area contributed by atoms with Gasteiger partial charge in [-0.05, 0) is 43.6 Å². The molecule has 0 unspecified atom stereocenters. The SMILES string of the molecule is c1ccc(C2(c3csc(NCc4ccco4)n3)CCNCC2)cc1. The van der Waals surface area contributed by atoms with E-state index in [-0.39, 0.29) is 5.41 Å². The van der Waals surface area contributed by atoms with Crippen LogP contribution < -0.4 is 10.6 Å². The number of hydrogen-bond acceptors (Lipinski definition) is 5. The minimum absolute atomic E-state index is 0.0215. The van der Waals surface area contributed by atoms with E-state index in [9.17, 15) is 0 Å². The van der Waals surface area contributed by atoms with Crippen LogP contribution >= 0.6 is 11.3 Å². The minimum Gasteiger partial charge on any atom is -0.467 e. The van der Waals surface area contributed by atoms with Crippen LogP contribution in [0.3, 0.4) is 0 Å². The molecule has 0 saturated carbocycles. The summed E-state index contributed by atoms with van der Waals surface area (Å²) in [5.41, 5.74) is 2.57. The molecule has 2 N–H and O–H groups in total. The standard InChI is InChI=1S/C19H21N3OS/c1-2-5-15(6-3-1)19(8-10-20-11-9-19)17-14-24-18(22-17)21-13-16-7-4-12-23-16/h1-7,12,14,20H,8-11,13H2,(H,21,22). The Hall–Kier alpha value is -2.11. The fourth-order valence-corrected chi connectivity index (χ4v) is 4.26. The molecule has 2 aromatic heterocycles. The van der Waals surface area contributed by atoms with E-state index in [2.05, 4.69) is 46.3 Å². The molecule has 1 fully saturated rings. The smallest absolute Gasteiger partial charge is 0.183 e. The van der Waals surface area contributed by atoms with Gasteiger partial charge < -0.3 is 15.1 Å². The van der Waals surface area contributed by atoms with Gasteiger partial charge in [0, 0.05) is 10.8 Å². The van der Waals surface area contributed by atoms with Gasteiger partial charge >= 0.3 is 0 Å². The third-order valence-electron chi connectivity index (χ3n) is 4.77. The fourth-order valence-electron chi connectivity index (χ4n) is 3.45. The maximum atomic E-state index is 5.37. The number of furan rings is 1. The number of benzene rings is 1. The van der Waals surface area contributed by atoms with Crippen molar-refractivity contribution < 1.29 is 4.42 Å². The average molecular weight is 339 g/mol. The van der Waals surface area contributed by atoms with Crippen LogP contribution in [0.4, 0.5) is 5.13 Å². The summed E-state index contributed by atoms with van der Waals surface area (Å²) >= 11 is 1.67. The van der Waals surface area contributed by atoms with Crippen molar-refractivity contribution in [2.45, 2.75) is 24.8 Å². The number of nitrogens with zero attached hydrogens (tertiary/aromatic N) is 1. The Morgan fingerprint density at radius 1 is 1.12 bits per heavy atom. The second-order valence-corrected chi connectivity index (χ2v) is 7.03. The quantitative estimate of drug-likeness (QED) is 0.737. The van der Waals surface area contributed by atoms with Crippen LogP contribution in [0.5, 0.6) is 0 Å². The van der Waals surface area contributed by atoms with Gasteiger partial charge in [-0.1, -0.05) is 30.3 Å². The highest BCUT2D eigenvalue weighted by Crippen LogP contribution is 2.41. The monoisotopic (exact) mass is 339 g/mol. The Morgan fingerprint density at radius 3 is 2.71 bits per heavy atom. The average Bonchev–Trinajstić information content (AvgIpc) is 3.33. The lowest BCUT2D eigenvalue weighted by molar-refractivity contribution is 0.356. The van der Waals surface area contributed by atoms with Crippen molar-refractivity contribution in [3.05, 3.63) is 71.1 Å². The molecule has 0 bridgehead atoms. The summed E-state index contributed by atoms with van der Waals surface area (Å²) in [6.45, 7) is 2.73. The van der Waals surface area contributed by atoms with E-state index in [1.165, 1.54) is 11.3 Å². The van der Waals surface area contributed by atoms with Gasteiger partial charge in [-0.2, -0.15) is 0 Å². The molecule has 1 aliphatic rings. The fraction of sp³-hybridized carbons (Fsp3) is 0.316. The Kier molecular flexibility index (Phi) is 4.36. The van der Waals surface area contributed by atoms with Gasteiger partial charge in [-0.3, -0.25) is 0 Å². The zero-order valence-corrected chi connectivity index (χ0v) is 14.3. The summed E-state index contributed by atoms with van der Waals surface area (Å²) in [4.78, 5) is 4.92. The minimum atomic E-state index is 0.0215. The number of aromatic nitrogens is 1. The summed E-state index contributed by atoms with van der Waals surface area (Å²) in [6.07, 6.45) is 3.86. The largest absolute Gasteiger partial charge is 0.467 e. The highest BCUT2D eigenvalue weighted by Gasteiger charge is 2.37. The highest BCUT2D eigenvalue weighted by atomic mass is 32.1. The lowest BCUT2D eigenvalue weighted by Crippen LogP contribution is -2.41. The molecule has 0 radical (unpaired) electrons. The third-order valence-corrected chi connectivity index (χ3v) is 5.57. The van der Waals surface area contributed by atoms with Gasteiger partial charge in [-0.15, -0.1) is 11.3 Å². The van der Waals surface area contributed by atoms with Crippen LogP contribution in [-0.4, -0.2) is 18.1 Å². The van der Waals surface area contributed by atoms with E-state index in [1.807, 2.05) is 12.1 Å². The highest BCUT2D eigenvalue weighted by molar-refractivity contribution is 7.13. The first kappa shape index (κ1) is 15.4. The van der Waals surface area contributed by atoms with Gasteiger partial charge in [0.25, 0.3) is 0 Å². The van der Waals surface area contributed by atoms with Crippen molar-refractivity contribution in [3.8, 4) is 0 Å². The third kappa shape index (κ3) is 2.97. The summed E-state index contributed by atoms with van der Waals surface area (Å²) in [5, 5.41) is 10.0. The zero-order valence-electron chi connectivity index (χ0n) is 13.5. The Balaban J connectivity index is 1.59. The molecule has 4 nitrogen and oxygen atoms in total. The van der Waals surface area contributed by atoms with Crippen LogP contribution in [-0.2, 0) is 12.0 Å². The van der Waals surface area contributed by atoms with Crippen molar-refractivity contribution >= 4 is 16.5 Å². The predicted molar refractivity (Wildman–Crippen MR) is 97.5 cm³/mol. The van der Waals surface area contributed by atoms with Gasteiger partial charge in [0.1, 0.15) is 5.76 Å².